The lowest BCUT2D eigenvalue weighted by Crippen LogP contribution is -2.13. The predicted molar refractivity (Wildman–Crippen MR) is 63.6 cm³/mol. The van der Waals surface area contributed by atoms with Gasteiger partial charge < -0.3 is 0 Å². The van der Waals surface area contributed by atoms with Gasteiger partial charge in [-0.2, -0.15) is 0 Å². The van der Waals surface area contributed by atoms with Gasteiger partial charge in [0.15, 0.2) is 0 Å². The molecule has 1 fully saturated rings. The van der Waals surface area contributed by atoms with Gasteiger partial charge in [-0.05, 0) is 24.8 Å². The van der Waals surface area contributed by atoms with Gasteiger partial charge in [-0.3, -0.25) is 0 Å². The van der Waals surface area contributed by atoms with Crippen LogP contribution in [0.15, 0.2) is 24.3 Å². The van der Waals surface area contributed by atoms with Gasteiger partial charge in [-0.1, -0.05) is 62.9 Å². The third kappa shape index (κ3) is 3.17. The van der Waals surface area contributed by atoms with Crippen LogP contribution in [0.2, 0.25) is 0 Å². The van der Waals surface area contributed by atoms with E-state index in [4.69, 9.17) is 0 Å². The van der Waals surface area contributed by atoms with Crippen molar-refractivity contribution in [2.75, 3.05) is 0 Å². The van der Waals surface area contributed by atoms with Crippen molar-refractivity contribution in [3.8, 4) is 0 Å². The van der Waals surface area contributed by atoms with Crippen LogP contribution >= 0.6 is 0 Å². The van der Waals surface area contributed by atoms with Crippen molar-refractivity contribution in [2.24, 2.45) is 5.92 Å². The largest absolute Gasteiger partial charge is 0.0683 e. The molecule has 1 aromatic rings. The van der Waals surface area contributed by atoms with Crippen LogP contribution in [0, 0.1) is 12.8 Å². The Morgan fingerprint density at radius 2 is 1.64 bits per heavy atom. The zero-order valence-electron chi connectivity index (χ0n) is 9.72. The second-order valence-corrected chi connectivity index (χ2v) is 3.99. The van der Waals surface area contributed by atoms with E-state index in [1.807, 2.05) is 13.8 Å². The third-order valence-electron chi connectivity index (χ3n) is 2.87. The molecule has 78 valence electrons. The Kier molecular flexibility index (Phi) is 4.72. The summed E-state index contributed by atoms with van der Waals surface area (Å²) in [6, 6.07) is 8.98. The molecule has 0 amide bonds. The fraction of sp³-hybridized carbons (Fsp3) is 0.571. The average Bonchev–Trinajstić information content (AvgIpc) is 2.17. The van der Waals surface area contributed by atoms with Crippen molar-refractivity contribution in [1.29, 1.82) is 0 Å². The summed E-state index contributed by atoms with van der Waals surface area (Å²) in [4.78, 5) is 0. The summed E-state index contributed by atoms with van der Waals surface area (Å²) in [6.07, 6.45) is 5.67. The minimum atomic E-state index is 0.993. The smallest absolute Gasteiger partial charge is 0.0250 e. The molecule has 1 aromatic carbocycles. The van der Waals surface area contributed by atoms with E-state index in [1.165, 1.54) is 36.8 Å². The van der Waals surface area contributed by atoms with Gasteiger partial charge >= 0.3 is 0 Å². The Morgan fingerprint density at radius 3 is 2.07 bits per heavy atom. The Hall–Kier alpha value is -0.780. The molecular formula is C14H22. The van der Waals surface area contributed by atoms with Crippen molar-refractivity contribution >= 4 is 0 Å². The molecule has 1 aliphatic carbocycles. The van der Waals surface area contributed by atoms with E-state index in [-0.39, 0.29) is 0 Å². The van der Waals surface area contributed by atoms with Crippen LogP contribution in [0.5, 0.6) is 0 Å². The van der Waals surface area contributed by atoms with E-state index in [1.54, 1.807) is 0 Å². The van der Waals surface area contributed by atoms with Gasteiger partial charge in [0.1, 0.15) is 0 Å². The minimum Gasteiger partial charge on any atom is -0.0683 e. The first kappa shape index (κ1) is 11.3. The molecule has 0 heteroatoms. The van der Waals surface area contributed by atoms with Gasteiger partial charge in [0.25, 0.3) is 0 Å². The first-order valence-electron chi connectivity index (χ1n) is 5.90. The molecule has 0 aliphatic heterocycles. The average molecular weight is 190 g/mol. The zero-order chi connectivity index (χ0) is 10.4. The predicted octanol–water partition coefficient (Wildman–Crippen LogP) is 4.36. The highest BCUT2D eigenvalue weighted by Crippen LogP contribution is 2.29. The van der Waals surface area contributed by atoms with Crippen LogP contribution in [0.3, 0.4) is 0 Å². The highest BCUT2D eigenvalue weighted by molar-refractivity contribution is 5.21. The van der Waals surface area contributed by atoms with Crippen LogP contribution in [-0.4, -0.2) is 0 Å². The maximum atomic E-state index is 2.27. The first-order valence-corrected chi connectivity index (χ1v) is 5.90. The van der Waals surface area contributed by atoms with Gasteiger partial charge in [0.2, 0.25) is 0 Å². The fourth-order valence-electron chi connectivity index (χ4n) is 1.75. The molecule has 0 nitrogen and oxygen atoms in total. The van der Waals surface area contributed by atoms with Crippen LogP contribution in [0.25, 0.3) is 0 Å². The minimum absolute atomic E-state index is 0.993. The number of hydrogen-bond acceptors (Lipinski definition) is 0. The Bertz CT molecular complexity index is 241. The first-order chi connectivity index (χ1) is 6.84. The quantitative estimate of drug-likeness (QED) is 0.650. The number of rotatable bonds is 2. The molecule has 1 aliphatic rings. The molecule has 0 radical (unpaired) electrons. The fourth-order valence-corrected chi connectivity index (χ4v) is 1.75. The molecule has 0 N–H and O–H groups in total. The molecule has 0 bridgehead atoms. The second-order valence-electron chi connectivity index (χ2n) is 3.99. The van der Waals surface area contributed by atoms with Crippen molar-refractivity contribution in [3.63, 3.8) is 0 Å². The molecule has 0 spiro atoms. The molecule has 1 saturated carbocycles. The maximum Gasteiger partial charge on any atom is -0.0250 e. The van der Waals surface area contributed by atoms with Crippen LogP contribution in [0.4, 0.5) is 0 Å². The number of aryl methyl sites for hydroxylation is 1. The lowest BCUT2D eigenvalue weighted by atomic mass is 9.81. The molecule has 0 atom stereocenters. The van der Waals surface area contributed by atoms with Gasteiger partial charge in [-0.25, -0.2) is 0 Å². The van der Waals surface area contributed by atoms with Crippen molar-refractivity contribution in [1.82, 2.24) is 0 Å². The summed E-state index contributed by atoms with van der Waals surface area (Å²) in [5.41, 5.74) is 2.89. The van der Waals surface area contributed by atoms with Crippen LogP contribution in [-0.2, 0) is 6.42 Å². The van der Waals surface area contributed by atoms with Crippen LogP contribution < -0.4 is 0 Å². The summed E-state index contributed by atoms with van der Waals surface area (Å²) >= 11 is 0. The monoisotopic (exact) mass is 190 g/mol. The molecular weight excluding hydrogens is 168 g/mol. The van der Waals surface area contributed by atoms with E-state index >= 15 is 0 Å². The van der Waals surface area contributed by atoms with Crippen molar-refractivity contribution in [3.05, 3.63) is 35.4 Å². The Labute approximate surface area is 88.4 Å². The summed E-state index contributed by atoms with van der Waals surface area (Å²) in [7, 11) is 0. The van der Waals surface area contributed by atoms with Gasteiger partial charge in [-0.15, -0.1) is 0 Å². The topological polar surface area (TPSA) is 0 Å². The Balaban J connectivity index is 0.000000461. The normalized spacial score (nSPS) is 15.4. The van der Waals surface area contributed by atoms with E-state index in [2.05, 4.69) is 31.2 Å². The van der Waals surface area contributed by atoms with E-state index in [9.17, 15) is 0 Å². The summed E-state index contributed by atoms with van der Waals surface area (Å²) in [5, 5.41) is 0. The molecule has 0 heterocycles. The molecule has 0 saturated heterocycles. The number of benzene rings is 1. The standard InChI is InChI=1S/C12H16.C2H6/c1-10-5-7-12(8-6-10)9-11-3-2-4-11;1-2/h5-8,11H,2-4,9H2,1H3;1-2H3. The SMILES string of the molecule is CC.Cc1ccc(CC2CCC2)cc1. The van der Waals surface area contributed by atoms with E-state index < -0.39 is 0 Å². The summed E-state index contributed by atoms with van der Waals surface area (Å²) in [6.45, 7) is 6.15. The Morgan fingerprint density at radius 1 is 1.07 bits per heavy atom. The number of hydrogen-bond donors (Lipinski definition) is 0. The molecule has 2 rings (SSSR count). The van der Waals surface area contributed by atoms with Crippen molar-refractivity contribution < 1.29 is 0 Å². The highest BCUT2D eigenvalue weighted by atomic mass is 14.2. The lowest BCUT2D eigenvalue weighted by molar-refractivity contribution is 0.314. The van der Waals surface area contributed by atoms with Gasteiger partial charge in [0, 0.05) is 0 Å². The zero-order valence-corrected chi connectivity index (χ0v) is 9.72. The molecule has 14 heavy (non-hydrogen) atoms. The summed E-state index contributed by atoms with van der Waals surface area (Å²) < 4.78 is 0. The molecule has 0 unspecified atom stereocenters. The molecule has 0 aromatic heterocycles. The van der Waals surface area contributed by atoms with E-state index in [0.29, 0.717) is 0 Å². The highest BCUT2D eigenvalue weighted by Gasteiger charge is 2.17. The van der Waals surface area contributed by atoms with Crippen LogP contribution in [0.1, 0.15) is 44.2 Å². The lowest BCUT2D eigenvalue weighted by Gasteiger charge is -2.25. The van der Waals surface area contributed by atoms with Gasteiger partial charge in [0.05, 0.1) is 0 Å². The third-order valence-corrected chi connectivity index (χ3v) is 2.87. The summed E-state index contributed by atoms with van der Waals surface area (Å²) in [5.74, 6) is 0.993. The van der Waals surface area contributed by atoms with E-state index in [0.717, 1.165) is 5.92 Å². The second kappa shape index (κ2) is 5.85. The maximum absolute atomic E-state index is 2.27. The van der Waals surface area contributed by atoms with Crippen molar-refractivity contribution in [2.45, 2.75) is 46.5 Å².